The van der Waals surface area contributed by atoms with E-state index in [9.17, 15) is 0 Å². The fourth-order valence-corrected chi connectivity index (χ4v) is 5.24. The van der Waals surface area contributed by atoms with Crippen LogP contribution in [0.5, 0.6) is 0 Å². The van der Waals surface area contributed by atoms with E-state index in [0.29, 0.717) is 6.04 Å². The van der Waals surface area contributed by atoms with E-state index in [1.165, 1.54) is 50.4 Å². The molecular formula is C13H29NOSi. The van der Waals surface area contributed by atoms with Crippen LogP contribution in [0.25, 0.3) is 0 Å². The van der Waals surface area contributed by atoms with E-state index in [1.807, 2.05) is 0 Å². The highest BCUT2D eigenvalue weighted by Crippen LogP contribution is 2.22. The zero-order valence-electron chi connectivity index (χ0n) is 11.3. The van der Waals surface area contributed by atoms with Gasteiger partial charge in [-0.2, -0.15) is 0 Å². The van der Waals surface area contributed by atoms with Gasteiger partial charge in [-0.3, -0.25) is 0 Å². The molecule has 1 N–H and O–H groups in total. The van der Waals surface area contributed by atoms with Gasteiger partial charge in [-0.25, -0.2) is 0 Å². The Morgan fingerprint density at radius 1 is 1.06 bits per heavy atom. The second-order valence-electron chi connectivity index (χ2n) is 5.06. The van der Waals surface area contributed by atoms with Gasteiger partial charge < -0.3 is 9.74 Å². The van der Waals surface area contributed by atoms with Crippen LogP contribution in [0.1, 0.15) is 46.5 Å². The fourth-order valence-electron chi connectivity index (χ4n) is 2.58. The summed E-state index contributed by atoms with van der Waals surface area (Å²) < 4.78 is 6.35. The summed E-state index contributed by atoms with van der Waals surface area (Å²) in [5.41, 5.74) is 0. The number of nitrogens with one attached hydrogen (secondary N) is 1. The first kappa shape index (κ1) is 14.2. The highest BCUT2D eigenvalue weighted by Gasteiger charge is 2.29. The van der Waals surface area contributed by atoms with Crippen molar-refractivity contribution in [1.29, 1.82) is 0 Å². The molecule has 1 heterocycles. The van der Waals surface area contributed by atoms with E-state index in [-0.39, 0.29) is 0 Å². The van der Waals surface area contributed by atoms with E-state index >= 15 is 0 Å². The van der Waals surface area contributed by atoms with Crippen LogP contribution in [0.15, 0.2) is 0 Å². The third-order valence-electron chi connectivity index (χ3n) is 4.19. The SMILES string of the molecule is CC[Si](CC)(CC)OC[C@H]1CCCCCN1. The molecule has 0 aromatic carbocycles. The molecule has 0 radical (unpaired) electrons. The zero-order valence-corrected chi connectivity index (χ0v) is 12.3. The minimum atomic E-state index is -1.36. The maximum absolute atomic E-state index is 6.35. The third-order valence-corrected chi connectivity index (χ3v) is 8.83. The summed E-state index contributed by atoms with van der Waals surface area (Å²) in [6.07, 6.45) is 5.41. The van der Waals surface area contributed by atoms with Crippen molar-refractivity contribution in [1.82, 2.24) is 5.32 Å². The highest BCUT2D eigenvalue weighted by atomic mass is 28.4. The smallest absolute Gasteiger partial charge is 0.192 e. The Morgan fingerprint density at radius 2 is 1.75 bits per heavy atom. The number of hydrogen-bond donors (Lipinski definition) is 1. The van der Waals surface area contributed by atoms with E-state index < -0.39 is 8.32 Å². The summed E-state index contributed by atoms with van der Waals surface area (Å²) in [6.45, 7) is 9.06. The van der Waals surface area contributed by atoms with Gasteiger partial charge in [0.25, 0.3) is 0 Å². The highest BCUT2D eigenvalue weighted by molar-refractivity contribution is 6.73. The Kier molecular flexibility index (Phi) is 6.62. The maximum atomic E-state index is 6.35. The molecule has 3 heteroatoms. The predicted octanol–water partition coefficient (Wildman–Crippen LogP) is 3.54. The van der Waals surface area contributed by atoms with Crippen molar-refractivity contribution >= 4 is 8.32 Å². The molecule has 0 aromatic heterocycles. The van der Waals surface area contributed by atoms with Gasteiger partial charge in [-0.1, -0.05) is 33.6 Å². The van der Waals surface area contributed by atoms with Crippen LogP contribution in [-0.2, 0) is 4.43 Å². The molecule has 0 aromatic rings. The Morgan fingerprint density at radius 3 is 2.38 bits per heavy atom. The lowest BCUT2D eigenvalue weighted by atomic mass is 10.1. The van der Waals surface area contributed by atoms with Crippen LogP contribution in [0.4, 0.5) is 0 Å². The minimum Gasteiger partial charge on any atom is -0.415 e. The summed E-state index contributed by atoms with van der Waals surface area (Å²) in [5, 5.41) is 3.62. The monoisotopic (exact) mass is 243 g/mol. The molecule has 1 rings (SSSR count). The first-order chi connectivity index (χ1) is 7.76. The van der Waals surface area contributed by atoms with Crippen molar-refractivity contribution in [2.24, 2.45) is 0 Å². The van der Waals surface area contributed by atoms with Crippen LogP contribution >= 0.6 is 0 Å². The molecule has 96 valence electrons. The molecule has 1 fully saturated rings. The number of rotatable bonds is 6. The molecule has 0 aliphatic carbocycles. The lowest BCUT2D eigenvalue weighted by Gasteiger charge is -2.30. The topological polar surface area (TPSA) is 21.3 Å². The van der Waals surface area contributed by atoms with Gasteiger partial charge in [0.05, 0.1) is 0 Å². The first-order valence-corrected chi connectivity index (χ1v) is 9.66. The molecule has 16 heavy (non-hydrogen) atoms. The molecular weight excluding hydrogens is 214 g/mol. The summed E-state index contributed by atoms with van der Waals surface area (Å²) in [4.78, 5) is 0. The van der Waals surface area contributed by atoms with Crippen LogP contribution < -0.4 is 5.32 Å². The van der Waals surface area contributed by atoms with E-state index in [2.05, 4.69) is 26.1 Å². The van der Waals surface area contributed by atoms with Crippen molar-refractivity contribution in [2.45, 2.75) is 70.6 Å². The van der Waals surface area contributed by atoms with Crippen molar-refractivity contribution in [3.05, 3.63) is 0 Å². The van der Waals surface area contributed by atoms with Gasteiger partial charge in [0.15, 0.2) is 8.32 Å². The van der Waals surface area contributed by atoms with Gasteiger partial charge in [-0.05, 0) is 37.5 Å². The Bertz CT molecular complexity index is 167. The van der Waals surface area contributed by atoms with Crippen molar-refractivity contribution < 1.29 is 4.43 Å². The number of hydrogen-bond acceptors (Lipinski definition) is 2. The molecule has 1 aliphatic heterocycles. The van der Waals surface area contributed by atoms with Crippen molar-refractivity contribution in [2.75, 3.05) is 13.2 Å². The molecule has 1 saturated heterocycles. The second kappa shape index (κ2) is 7.46. The van der Waals surface area contributed by atoms with E-state index in [4.69, 9.17) is 4.43 Å². The summed E-state index contributed by atoms with van der Waals surface area (Å²) in [6, 6.07) is 4.44. The largest absolute Gasteiger partial charge is 0.415 e. The van der Waals surface area contributed by atoms with Gasteiger partial charge in [0.2, 0.25) is 0 Å². The van der Waals surface area contributed by atoms with Gasteiger partial charge >= 0.3 is 0 Å². The summed E-state index contributed by atoms with van der Waals surface area (Å²) in [5.74, 6) is 0. The normalized spacial score (nSPS) is 23.1. The van der Waals surface area contributed by atoms with E-state index in [1.54, 1.807) is 0 Å². The minimum absolute atomic E-state index is 0.624. The van der Waals surface area contributed by atoms with Gasteiger partial charge in [0.1, 0.15) is 0 Å². The molecule has 0 bridgehead atoms. The molecule has 0 unspecified atom stereocenters. The average molecular weight is 243 g/mol. The lowest BCUT2D eigenvalue weighted by molar-refractivity contribution is 0.247. The predicted molar refractivity (Wildman–Crippen MR) is 73.4 cm³/mol. The van der Waals surface area contributed by atoms with Gasteiger partial charge in [-0.15, -0.1) is 0 Å². The van der Waals surface area contributed by atoms with Crippen LogP contribution in [0, 0.1) is 0 Å². The Balaban J connectivity index is 2.35. The zero-order chi connectivity index (χ0) is 11.9. The quantitative estimate of drug-likeness (QED) is 0.721. The van der Waals surface area contributed by atoms with E-state index in [0.717, 1.165) is 6.61 Å². The van der Waals surface area contributed by atoms with Crippen LogP contribution in [-0.4, -0.2) is 27.5 Å². The Labute approximate surface area is 102 Å². The van der Waals surface area contributed by atoms with Crippen molar-refractivity contribution in [3.8, 4) is 0 Å². The third kappa shape index (κ3) is 4.19. The lowest BCUT2D eigenvalue weighted by Crippen LogP contribution is -2.42. The van der Waals surface area contributed by atoms with Crippen LogP contribution in [0.3, 0.4) is 0 Å². The molecule has 0 saturated carbocycles. The second-order valence-corrected chi connectivity index (χ2v) is 9.83. The fraction of sp³-hybridized carbons (Fsp3) is 1.00. The molecule has 1 atom stereocenters. The summed E-state index contributed by atoms with van der Waals surface area (Å²) >= 11 is 0. The standard InChI is InChI=1S/C13H29NOSi/c1-4-16(5-2,6-3)15-12-13-10-8-7-9-11-14-13/h13-14H,4-12H2,1-3H3/t13-/m1/s1. The first-order valence-electron chi connectivity index (χ1n) is 7.13. The van der Waals surface area contributed by atoms with Gasteiger partial charge in [0, 0.05) is 12.6 Å². The molecule has 2 nitrogen and oxygen atoms in total. The maximum Gasteiger partial charge on any atom is 0.192 e. The van der Waals surface area contributed by atoms with Crippen molar-refractivity contribution in [3.63, 3.8) is 0 Å². The Hall–Kier alpha value is 0.137. The molecule has 0 spiro atoms. The summed E-state index contributed by atoms with van der Waals surface area (Å²) in [7, 11) is -1.36. The molecule has 1 aliphatic rings. The average Bonchev–Trinajstić information content (AvgIpc) is 2.60. The van der Waals surface area contributed by atoms with Crippen LogP contribution in [0.2, 0.25) is 18.1 Å². The molecule has 0 amide bonds.